The molecule has 2 unspecified atom stereocenters. The van der Waals surface area contributed by atoms with Crippen molar-refractivity contribution in [1.29, 1.82) is 0 Å². The maximum atomic E-state index is 4.22. The van der Waals surface area contributed by atoms with E-state index in [9.17, 15) is 0 Å². The normalized spacial score (nSPS) is 21.5. The molecule has 2 aliphatic rings. The van der Waals surface area contributed by atoms with Crippen LogP contribution in [0.4, 0.5) is 0 Å². The monoisotopic (exact) mass is 760 g/mol. The zero-order chi connectivity index (χ0) is 23.7. The third-order valence-corrected chi connectivity index (χ3v) is 35.1. The Kier molecular flexibility index (Phi) is 12.0. The van der Waals surface area contributed by atoms with Crippen molar-refractivity contribution in [3.05, 3.63) is 60.7 Å². The second kappa shape index (κ2) is 14.5. The molecule has 2 aromatic carbocycles. The van der Waals surface area contributed by atoms with E-state index in [-0.39, 0.29) is 0 Å². The fourth-order valence-electron chi connectivity index (χ4n) is 4.90. The summed E-state index contributed by atoms with van der Waals surface area (Å²) in [6.07, 6.45) is 13.8. The van der Waals surface area contributed by atoms with Gasteiger partial charge in [-0.15, -0.1) is 0 Å². The number of nitrogens with one attached hydrogen (secondary N) is 2. The van der Waals surface area contributed by atoms with Crippen LogP contribution in [0.2, 0.25) is 10.6 Å². The van der Waals surface area contributed by atoms with Crippen LogP contribution in [0, 0.1) is 0 Å². The van der Waals surface area contributed by atoms with Crippen LogP contribution in [0.3, 0.4) is 0 Å². The van der Waals surface area contributed by atoms with E-state index in [4.69, 9.17) is 0 Å². The Hall–Kier alpha value is 1.30. The van der Waals surface area contributed by atoms with Crippen molar-refractivity contribution in [1.82, 2.24) is 10.2 Å². The fourth-order valence-corrected chi connectivity index (χ4v) is 32.5. The molecule has 2 saturated carbocycles. The van der Waals surface area contributed by atoms with Gasteiger partial charge in [0.25, 0.3) is 0 Å². The van der Waals surface area contributed by atoms with Crippen molar-refractivity contribution in [3.63, 3.8) is 0 Å². The Morgan fingerprint density at radius 3 is 1.29 bits per heavy atom. The Morgan fingerprint density at radius 1 is 0.588 bits per heavy atom. The number of hydrogen-bond donors (Lipinski definition) is 2. The Morgan fingerprint density at radius 2 is 0.941 bits per heavy atom. The fraction of sp³-hybridized carbons (Fsp3) is 0.538. The van der Waals surface area contributed by atoms with Gasteiger partial charge < -0.3 is 0 Å². The molecule has 4 rings (SSSR count). The molecular weight excluding hydrogens is 718 g/mol. The Labute approximate surface area is 234 Å². The minimum absolute atomic E-state index is 0.583. The van der Waals surface area contributed by atoms with Gasteiger partial charge in [-0.05, 0) is 0 Å². The molecule has 2 atom stereocenters. The molecular formula is C26H38N2P2Se4. The summed E-state index contributed by atoms with van der Waals surface area (Å²) in [5, 5.41) is 14.3. The van der Waals surface area contributed by atoms with Gasteiger partial charge in [0.2, 0.25) is 0 Å². The molecule has 0 aliphatic heterocycles. The summed E-state index contributed by atoms with van der Waals surface area (Å²) < 4.78 is -2.80. The average Bonchev–Trinajstić information content (AvgIpc) is 2.89. The van der Waals surface area contributed by atoms with Crippen LogP contribution in [-0.2, 0) is 0 Å². The van der Waals surface area contributed by atoms with E-state index in [2.05, 4.69) is 101 Å². The van der Waals surface area contributed by atoms with Gasteiger partial charge >= 0.3 is 236 Å². The molecule has 2 fully saturated rings. The van der Waals surface area contributed by atoms with E-state index in [1.54, 1.807) is 10.6 Å². The predicted octanol–water partition coefficient (Wildman–Crippen LogP) is 5.59. The molecule has 0 amide bonds. The first-order valence-electron chi connectivity index (χ1n) is 12.7. The van der Waals surface area contributed by atoms with Crippen LogP contribution < -0.4 is 20.8 Å². The molecule has 8 heteroatoms. The predicted molar refractivity (Wildman–Crippen MR) is 159 cm³/mol. The van der Waals surface area contributed by atoms with Gasteiger partial charge in [-0.2, -0.15) is 0 Å². The molecule has 2 aliphatic carbocycles. The van der Waals surface area contributed by atoms with Crippen LogP contribution in [0.15, 0.2) is 60.7 Å². The number of benzene rings is 2. The van der Waals surface area contributed by atoms with Gasteiger partial charge in [0.15, 0.2) is 0 Å². The zero-order valence-corrected chi connectivity index (χ0v) is 28.6. The zero-order valence-electron chi connectivity index (χ0n) is 19.9. The molecule has 0 spiro atoms. The molecule has 0 saturated heterocycles. The van der Waals surface area contributed by atoms with E-state index in [0.717, 1.165) is 0 Å². The van der Waals surface area contributed by atoms with Crippen LogP contribution in [0.5, 0.6) is 0 Å². The van der Waals surface area contributed by atoms with Gasteiger partial charge in [0, 0.05) is 0 Å². The van der Waals surface area contributed by atoms with E-state index in [0.29, 0.717) is 41.1 Å². The minimum atomic E-state index is -1.40. The summed E-state index contributed by atoms with van der Waals surface area (Å²) in [5.74, 6) is 0. The summed E-state index contributed by atoms with van der Waals surface area (Å²) >= 11 is 8.71. The molecule has 0 radical (unpaired) electrons. The second-order valence-corrected chi connectivity index (χ2v) is 39.4. The van der Waals surface area contributed by atoms with E-state index in [1.807, 2.05) is 0 Å². The van der Waals surface area contributed by atoms with Crippen molar-refractivity contribution >= 4 is 78.5 Å². The van der Waals surface area contributed by atoms with Crippen LogP contribution in [0.25, 0.3) is 0 Å². The standard InChI is InChI=1S/C26H38N2P2Se4/c31-29(25-17-9-3-10-18-25,27-23-13-5-1-6-14-23)33-21-22-34-30(32,26-19-11-4-12-20-26)28-24-15-7-2-8-16-24/h3-4,9-12,17-20,23-24H,1-2,5-8,13-16,21-22H2,(H,27,31)(H,28,32). The van der Waals surface area contributed by atoms with Crippen molar-refractivity contribution in [3.8, 4) is 0 Å². The van der Waals surface area contributed by atoms with Gasteiger partial charge in [-0.3, -0.25) is 0 Å². The van der Waals surface area contributed by atoms with E-state index in [1.165, 1.54) is 74.8 Å². The van der Waals surface area contributed by atoms with E-state index >= 15 is 0 Å². The summed E-state index contributed by atoms with van der Waals surface area (Å²) in [4.78, 5) is 0. The molecule has 2 nitrogen and oxygen atoms in total. The average molecular weight is 756 g/mol. The van der Waals surface area contributed by atoms with Crippen LogP contribution in [-0.4, -0.2) is 71.3 Å². The molecule has 0 bridgehead atoms. The van der Waals surface area contributed by atoms with Crippen LogP contribution in [0.1, 0.15) is 64.2 Å². The van der Waals surface area contributed by atoms with Gasteiger partial charge in [0.1, 0.15) is 0 Å². The third kappa shape index (κ3) is 8.40. The molecule has 0 heterocycles. The quantitative estimate of drug-likeness (QED) is 0.178. The first-order valence-corrected chi connectivity index (χ1v) is 27.6. The Balaban J connectivity index is 1.41. The maximum absolute atomic E-state index is 4.22. The first kappa shape index (κ1) is 28.3. The topological polar surface area (TPSA) is 24.1 Å². The van der Waals surface area contributed by atoms with E-state index < -0.39 is 8.70 Å². The van der Waals surface area contributed by atoms with Crippen LogP contribution >= 0.6 is 8.70 Å². The van der Waals surface area contributed by atoms with Crippen molar-refractivity contribution < 1.29 is 0 Å². The third-order valence-electron chi connectivity index (χ3n) is 6.74. The molecule has 2 aromatic rings. The first-order chi connectivity index (χ1) is 16.6. The summed E-state index contributed by atoms with van der Waals surface area (Å²) in [6, 6.07) is 24.1. The second-order valence-electron chi connectivity index (χ2n) is 9.37. The van der Waals surface area contributed by atoms with Crippen molar-refractivity contribution in [2.75, 3.05) is 0 Å². The Bertz CT molecular complexity index is 882. The molecule has 186 valence electrons. The molecule has 0 aromatic heterocycles. The SMILES string of the molecule is [Se]=P(NC1CCCCC1)([Se]CC[Se]P(=[Se])(NC1CCCCC1)c1ccccc1)c1ccccc1. The van der Waals surface area contributed by atoms with Gasteiger partial charge in [-0.1, -0.05) is 0 Å². The summed E-state index contributed by atoms with van der Waals surface area (Å²) in [6.45, 7) is 0. The number of hydrogen-bond acceptors (Lipinski definition) is 2. The summed E-state index contributed by atoms with van der Waals surface area (Å²) in [5.41, 5.74) is 0. The molecule has 34 heavy (non-hydrogen) atoms. The summed E-state index contributed by atoms with van der Waals surface area (Å²) in [7, 11) is 0. The van der Waals surface area contributed by atoms with Crippen molar-refractivity contribution in [2.45, 2.75) is 86.9 Å². The van der Waals surface area contributed by atoms with Crippen molar-refractivity contribution in [2.24, 2.45) is 0 Å². The van der Waals surface area contributed by atoms with Gasteiger partial charge in [0.05, 0.1) is 0 Å². The molecule has 2 N–H and O–H groups in total. The number of rotatable bonds is 11. The van der Waals surface area contributed by atoms with Gasteiger partial charge in [-0.25, -0.2) is 0 Å².